The molecule has 4 nitrogen and oxygen atoms in total. The van der Waals surface area contributed by atoms with Gasteiger partial charge < -0.3 is 9.67 Å². The molecular weight excluding hydrogens is 264 g/mol. The first-order valence-corrected chi connectivity index (χ1v) is 7.89. The third-order valence-corrected chi connectivity index (χ3v) is 4.56. The van der Waals surface area contributed by atoms with Gasteiger partial charge in [-0.25, -0.2) is 9.78 Å². The normalized spacial score (nSPS) is 17.6. The first kappa shape index (κ1) is 14.1. The molecule has 0 radical (unpaired) electrons. The Labute approximate surface area is 124 Å². The number of carboxylic acids is 1. The summed E-state index contributed by atoms with van der Waals surface area (Å²) < 4.78 is 2.18. The summed E-state index contributed by atoms with van der Waals surface area (Å²) in [4.78, 5) is 16.1. The highest BCUT2D eigenvalue weighted by Gasteiger charge is 2.21. The van der Waals surface area contributed by atoms with Crippen molar-refractivity contribution in [3.05, 3.63) is 29.6 Å². The number of hydrogen-bond acceptors (Lipinski definition) is 2. The van der Waals surface area contributed by atoms with Gasteiger partial charge in [-0.2, -0.15) is 0 Å². The van der Waals surface area contributed by atoms with Gasteiger partial charge in [-0.05, 0) is 31.9 Å². The van der Waals surface area contributed by atoms with E-state index in [2.05, 4.69) is 9.55 Å². The number of imidazole rings is 1. The molecule has 4 heteroatoms. The van der Waals surface area contributed by atoms with E-state index in [4.69, 9.17) is 0 Å². The highest BCUT2D eigenvalue weighted by molar-refractivity contribution is 6.01. The molecule has 0 saturated heterocycles. The lowest BCUT2D eigenvalue weighted by Gasteiger charge is -2.23. The lowest BCUT2D eigenvalue weighted by atomic mass is 9.96. The fraction of sp³-hybridized carbons (Fsp3) is 0.529. The Kier molecular flexibility index (Phi) is 3.95. The van der Waals surface area contributed by atoms with Crippen molar-refractivity contribution in [2.45, 2.75) is 57.9 Å². The minimum Gasteiger partial charge on any atom is -0.478 e. The summed E-state index contributed by atoms with van der Waals surface area (Å²) in [6.45, 7) is 1.99. The average molecular weight is 286 g/mol. The number of carbonyl (C=O) groups is 1. The molecule has 21 heavy (non-hydrogen) atoms. The molecular formula is C17H22N2O2. The van der Waals surface area contributed by atoms with Crippen LogP contribution in [0.15, 0.2) is 18.2 Å². The van der Waals surface area contributed by atoms with Crippen molar-refractivity contribution in [1.82, 2.24) is 9.55 Å². The average Bonchev–Trinajstić information content (AvgIpc) is 2.74. The van der Waals surface area contributed by atoms with E-state index in [1.807, 2.05) is 13.0 Å². The van der Waals surface area contributed by atoms with Gasteiger partial charge in [0.15, 0.2) is 0 Å². The summed E-state index contributed by atoms with van der Waals surface area (Å²) in [5.41, 5.74) is 1.97. The summed E-state index contributed by atoms with van der Waals surface area (Å²) in [6.07, 6.45) is 8.59. The Morgan fingerprint density at radius 3 is 2.52 bits per heavy atom. The third-order valence-electron chi connectivity index (χ3n) is 4.56. The number of para-hydroxylation sites is 1. The monoisotopic (exact) mass is 286 g/mol. The fourth-order valence-corrected chi connectivity index (χ4v) is 3.58. The maximum absolute atomic E-state index is 11.5. The maximum Gasteiger partial charge on any atom is 0.337 e. The number of hydrogen-bond donors (Lipinski definition) is 1. The predicted octanol–water partition coefficient (Wildman–Crippen LogP) is 4.33. The summed E-state index contributed by atoms with van der Waals surface area (Å²) in [7, 11) is 0. The largest absolute Gasteiger partial charge is 0.478 e. The molecule has 0 atom stereocenters. The second-order valence-corrected chi connectivity index (χ2v) is 6.01. The molecule has 0 aliphatic heterocycles. The first-order valence-electron chi connectivity index (χ1n) is 7.89. The summed E-state index contributed by atoms with van der Waals surface area (Å²) in [5, 5.41) is 9.47. The molecule has 2 aromatic rings. The molecule has 1 aromatic carbocycles. The zero-order valence-corrected chi connectivity index (χ0v) is 12.5. The van der Waals surface area contributed by atoms with Crippen LogP contribution in [-0.2, 0) is 0 Å². The molecule has 1 aliphatic rings. The predicted molar refractivity (Wildman–Crippen MR) is 82.8 cm³/mol. The van der Waals surface area contributed by atoms with Crippen LogP contribution < -0.4 is 0 Å². The van der Waals surface area contributed by atoms with Gasteiger partial charge in [-0.1, -0.05) is 38.2 Å². The molecule has 1 aromatic heterocycles. The maximum atomic E-state index is 11.5. The second kappa shape index (κ2) is 5.88. The van der Waals surface area contributed by atoms with E-state index in [0.29, 0.717) is 11.6 Å². The van der Waals surface area contributed by atoms with Gasteiger partial charge in [-0.3, -0.25) is 0 Å². The molecule has 1 N–H and O–H groups in total. The van der Waals surface area contributed by atoms with E-state index in [1.165, 1.54) is 32.1 Å². The molecule has 3 rings (SSSR count). The standard InChI is InChI=1S/C17H22N2O2/c1-12-18-15-11-7-10-14(17(20)21)16(15)19(12)13-8-5-3-2-4-6-9-13/h7,10-11,13H,2-6,8-9H2,1H3,(H,20,21). The van der Waals surface area contributed by atoms with Crippen molar-refractivity contribution in [3.8, 4) is 0 Å². The number of benzene rings is 1. The van der Waals surface area contributed by atoms with Crippen molar-refractivity contribution in [3.63, 3.8) is 0 Å². The minimum absolute atomic E-state index is 0.371. The topological polar surface area (TPSA) is 55.1 Å². The summed E-state index contributed by atoms with van der Waals surface area (Å²) in [5.74, 6) is 0.0665. The van der Waals surface area contributed by atoms with Crippen LogP contribution in [0.4, 0.5) is 0 Å². The lowest BCUT2D eigenvalue weighted by molar-refractivity contribution is 0.0698. The van der Waals surface area contributed by atoms with Crippen LogP contribution in [0.1, 0.15) is 67.2 Å². The van der Waals surface area contributed by atoms with E-state index in [9.17, 15) is 9.90 Å². The summed E-state index contributed by atoms with van der Waals surface area (Å²) >= 11 is 0. The highest BCUT2D eigenvalue weighted by atomic mass is 16.4. The number of fused-ring (bicyclic) bond motifs is 1. The van der Waals surface area contributed by atoms with Gasteiger partial charge in [0.25, 0.3) is 0 Å². The van der Waals surface area contributed by atoms with Gasteiger partial charge in [0.1, 0.15) is 5.82 Å². The van der Waals surface area contributed by atoms with E-state index in [0.717, 1.165) is 29.7 Å². The van der Waals surface area contributed by atoms with E-state index in [-0.39, 0.29) is 0 Å². The molecule has 112 valence electrons. The zero-order valence-electron chi connectivity index (χ0n) is 12.5. The Bertz CT molecular complexity index is 652. The van der Waals surface area contributed by atoms with Crippen LogP contribution in [-0.4, -0.2) is 20.6 Å². The van der Waals surface area contributed by atoms with Gasteiger partial charge in [0.2, 0.25) is 0 Å². The van der Waals surface area contributed by atoms with Gasteiger partial charge >= 0.3 is 5.97 Å². The van der Waals surface area contributed by atoms with Crippen LogP contribution in [0.25, 0.3) is 11.0 Å². The Morgan fingerprint density at radius 2 is 1.86 bits per heavy atom. The van der Waals surface area contributed by atoms with Crippen LogP contribution in [0.3, 0.4) is 0 Å². The number of nitrogens with zero attached hydrogens (tertiary/aromatic N) is 2. The van der Waals surface area contributed by atoms with Crippen molar-refractivity contribution in [2.24, 2.45) is 0 Å². The second-order valence-electron chi connectivity index (χ2n) is 6.01. The molecule has 1 saturated carbocycles. The van der Waals surface area contributed by atoms with Crippen LogP contribution in [0.2, 0.25) is 0 Å². The molecule has 0 amide bonds. The molecule has 0 bridgehead atoms. The number of carboxylic acid groups (broad SMARTS) is 1. The van der Waals surface area contributed by atoms with Gasteiger partial charge in [0, 0.05) is 6.04 Å². The smallest absolute Gasteiger partial charge is 0.337 e. The van der Waals surface area contributed by atoms with E-state index in [1.54, 1.807) is 12.1 Å². The fourth-order valence-electron chi connectivity index (χ4n) is 3.58. The Balaban J connectivity index is 2.11. The van der Waals surface area contributed by atoms with Gasteiger partial charge in [0.05, 0.1) is 16.6 Å². The van der Waals surface area contributed by atoms with Crippen LogP contribution in [0, 0.1) is 6.92 Å². The Hall–Kier alpha value is -1.84. The van der Waals surface area contributed by atoms with Crippen molar-refractivity contribution in [1.29, 1.82) is 0 Å². The van der Waals surface area contributed by atoms with E-state index >= 15 is 0 Å². The van der Waals surface area contributed by atoms with Crippen molar-refractivity contribution < 1.29 is 9.90 Å². The van der Waals surface area contributed by atoms with Crippen molar-refractivity contribution in [2.75, 3.05) is 0 Å². The Morgan fingerprint density at radius 1 is 1.19 bits per heavy atom. The molecule has 1 heterocycles. The quantitative estimate of drug-likeness (QED) is 0.894. The van der Waals surface area contributed by atoms with Crippen LogP contribution >= 0.6 is 0 Å². The SMILES string of the molecule is Cc1nc2cccc(C(=O)O)c2n1C1CCCCCCC1. The molecule has 1 aliphatic carbocycles. The van der Waals surface area contributed by atoms with E-state index < -0.39 is 5.97 Å². The van der Waals surface area contributed by atoms with Crippen LogP contribution in [0.5, 0.6) is 0 Å². The minimum atomic E-state index is -0.868. The van der Waals surface area contributed by atoms with Crippen molar-refractivity contribution >= 4 is 17.0 Å². The highest BCUT2D eigenvalue weighted by Crippen LogP contribution is 2.32. The molecule has 1 fully saturated rings. The first-order chi connectivity index (χ1) is 10.2. The zero-order chi connectivity index (χ0) is 14.8. The molecule has 0 spiro atoms. The number of aromatic carboxylic acids is 1. The third kappa shape index (κ3) is 2.67. The number of aryl methyl sites for hydroxylation is 1. The molecule has 0 unspecified atom stereocenters. The lowest BCUT2D eigenvalue weighted by Crippen LogP contribution is -2.14. The number of rotatable bonds is 2. The number of aromatic nitrogens is 2. The summed E-state index contributed by atoms with van der Waals surface area (Å²) in [6, 6.07) is 5.76. The van der Waals surface area contributed by atoms with Gasteiger partial charge in [-0.15, -0.1) is 0 Å².